The van der Waals surface area contributed by atoms with Gasteiger partial charge in [0.25, 0.3) is 0 Å². The molecule has 0 bridgehead atoms. The molecule has 5 heteroatoms. The fraction of sp³-hybridized carbons (Fsp3) is 0.273. The summed E-state index contributed by atoms with van der Waals surface area (Å²) in [6.07, 6.45) is 0. The standard InChI is InChI=1S/C11H11FN2OS/c1-7(8-2-4-9(12)5-3-8)14-10(15)6-13-11(14)16/h2-5,7H,6H2,1H3,(H,13,16). The molecule has 1 unspecified atom stereocenters. The van der Waals surface area contributed by atoms with Crippen LogP contribution in [0.5, 0.6) is 0 Å². The van der Waals surface area contributed by atoms with Gasteiger partial charge < -0.3 is 5.32 Å². The van der Waals surface area contributed by atoms with Gasteiger partial charge in [0.05, 0.1) is 12.6 Å². The van der Waals surface area contributed by atoms with Crippen LogP contribution in [-0.4, -0.2) is 22.5 Å². The Morgan fingerprint density at radius 3 is 2.56 bits per heavy atom. The van der Waals surface area contributed by atoms with Crippen molar-refractivity contribution in [3.05, 3.63) is 35.6 Å². The van der Waals surface area contributed by atoms with E-state index in [0.717, 1.165) is 5.56 Å². The van der Waals surface area contributed by atoms with Crippen molar-refractivity contribution >= 4 is 23.2 Å². The molecule has 1 aliphatic rings. The van der Waals surface area contributed by atoms with Gasteiger partial charge >= 0.3 is 0 Å². The molecule has 0 spiro atoms. The minimum absolute atomic E-state index is 0.0539. The van der Waals surface area contributed by atoms with Crippen LogP contribution in [0.3, 0.4) is 0 Å². The third-order valence-electron chi connectivity index (χ3n) is 2.62. The van der Waals surface area contributed by atoms with Crippen molar-refractivity contribution < 1.29 is 9.18 Å². The number of thiocarbonyl (C=S) groups is 1. The van der Waals surface area contributed by atoms with Gasteiger partial charge in [-0.05, 0) is 36.8 Å². The van der Waals surface area contributed by atoms with Gasteiger partial charge in [-0.1, -0.05) is 12.1 Å². The molecule has 1 heterocycles. The normalized spacial score (nSPS) is 17.5. The molecule has 0 aliphatic carbocycles. The Balaban J connectivity index is 2.24. The number of halogens is 1. The second-order valence-corrected chi connectivity index (χ2v) is 4.04. The predicted molar refractivity (Wildman–Crippen MR) is 62.3 cm³/mol. The molecule has 1 saturated heterocycles. The summed E-state index contributed by atoms with van der Waals surface area (Å²) in [6.45, 7) is 2.11. The molecule has 3 nitrogen and oxygen atoms in total. The third kappa shape index (κ3) is 1.90. The fourth-order valence-corrected chi connectivity index (χ4v) is 2.05. The Labute approximate surface area is 98.2 Å². The predicted octanol–water partition coefficient (Wildman–Crippen LogP) is 1.60. The first-order chi connectivity index (χ1) is 7.59. The first kappa shape index (κ1) is 11.0. The maximum absolute atomic E-state index is 12.8. The SMILES string of the molecule is CC(c1ccc(F)cc1)N1C(=O)CNC1=S. The number of amides is 1. The molecule has 84 valence electrons. The lowest BCUT2D eigenvalue weighted by molar-refractivity contribution is -0.125. The van der Waals surface area contributed by atoms with Gasteiger partial charge in [-0.2, -0.15) is 0 Å². The fourth-order valence-electron chi connectivity index (χ4n) is 1.72. The van der Waals surface area contributed by atoms with Crippen LogP contribution in [0.1, 0.15) is 18.5 Å². The highest BCUT2D eigenvalue weighted by atomic mass is 32.1. The highest BCUT2D eigenvalue weighted by molar-refractivity contribution is 7.80. The lowest BCUT2D eigenvalue weighted by Crippen LogP contribution is -2.33. The van der Waals surface area contributed by atoms with Crippen molar-refractivity contribution in [3.8, 4) is 0 Å². The zero-order chi connectivity index (χ0) is 11.7. The Hall–Kier alpha value is -1.49. The average Bonchev–Trinajstić information content (AvgIpc) is 2.59. The van der Waals surface area contributed by atoms with Gasteiger partial charge in [0, 0.05) is 0 Å². The summed E-state index contributed by atoms with van der Waals surface area (Å²) in [5, 5.41) is 3.25. The van der Waals surface area contributed by atoms with E-state index in [4.69, 9.17) is 12.2 Å². The first-order valence-corrected chi connectivity index (χ1v) is 5.36. The van der Waals surface area contributed by atoms with Crippen LogP contribution in [0.25, 0.3) is 0 Å². The molecule has 0 aromatic heterocycles. The molecule has 1 amide bonds. The minimum Gasteiger partial charge on any atom is -0.353 e. The zero-order valence-electron chi connectivity index (χ0n) is 8.74. The molecule has 1 aliphatic heterocycles. The Bertz CT molecular complexity index is 416. The molecular formula is C11H11FN2OS. The maximum atomic E-state index is 12.8. The van der Waals surface area contributed by atoms with Crippen LogP contribution >= 0.6 is 12.2 Å². The van der Waals surface area contributed by atoms with E-state index >= 15 is 0 Å². The van der Waals surface area contributed by atoms with Crippen LogP contribution in [0.15, 0.2) is 24.3 Å². The quantitative estimate of drug-likeness (QED) is 0.794. The van der Waals surface area contributed by atoms with E-state index in [9.17, 15) is 9.18 Å². The van der Waals surface area contributed by atoms with Crippen LogP contribution in [0.4, 0.5) is 4.39 Å². The molecule has 1 N–H and O–H groups in total. The minimum atomic E-state index is -0.288. The average molecular weight is 238 g/mol. The second kappa shape index (κ2) is 4.17. The summed E-state index contributed by atoms with van der Waals surface area (Å²) in [7, 11) is 0. The number of nitrogens with zero attached hydrogens (tertiary/aromatic N) is 1. The van der Waals surface area contributed by atoms with E-state index in [1.165, 1.54) is 17.0 Å². The summed E-state index contributed by atoms with van der Waals surface area (Å²) in [5.41, 5.74) is 0.862. The van der Waals surface area contributed by atoms with Crippen molar-refractivity contribution in [2.75, 3.05) is 6.54 Å². The van der Waals surface area contributed by atoms with Crippen LogP contribution in [-0.2, 0) is 4.79 Å². The van der Waals surface area contributed by atoms with Crippen molar-refractivity contribution in [2.24, 2.45) is 0 Å². The summed E-state index contributed by atoms with van der Waals surface area (Å²) in [4.78, 5) is 13.1. The molecule has 0 saturated carbocycles. The second-order valence-electron chi connectivity index (χ2n) is 3.65. The zero-order valence-corrected chi connectivity index (χ0v) is 9.55. The number of nitrogens with one attached hydrogen (secondary N) is 1. The van der Waals surface area contributed by atoms with Gasteiger partial charge in [-0.3, -0.25) is 9.69 Å². The van der Waals surface area contributed by atoms with Crippen molar-refractivity contribution in [1.82, 2.24) is 10.2 Å². The lowest BCUT2D eigenvalue weighted by atomic mass is 10.1. The Morgan fingerprint density at radius 2 is 2.06 bits per heavy atom. The van der Waals surface area contributed by atoms with Crippen molar-refractivity contribution in [2.45, 2.75) is 13.0 Å². The smallest absolute Gasteiger partial charge is 0.248 e. The molecular weight excluding hydrogens is 227 g/mol. The molecule has 1 aromatic rings. The summed E-state index contributed by atoms with van der Waals surface area (Å²) in [6, 6.07) is 5.91. The summed E-state index contributed by atoms with van der Waals surface area (Å²) in [5.74, 6) is -0.341. The third-order valence-corrected chi connectivity index (χ3v) is 2.96. The van der Waals surface area contributed by atoms with Gasteiger partial charge in [0.2, 0.25) is 5.91 Å². The molecule has 0 radical (unpaired) electrons. The molecule has 16 heavy (non-hydrogen) atoms. The monoisotopic (exact) mass is 238 g/mol. The first-order valence-electron chi connectivity index (χ1n) is 4.95. The van der Waals surface area contributed by atoms with Gasteiger partial charge in [0.1, 0.15) is 5.82 Å². The largest absolute Gasteiger partial charge is 0.353 e. The number of carbonyl (C=O) groups is 1. The number of rotatable bonds is 2. The molecule has 1 atom stereocenters. The highest BCUT2D eigenvalue weighted by Gasteiger charge is 2.30. The highest BCUT2D eigenvalue weighted by Crippen LogP contribution is 2.22. The van der Waals surface area contributed by atoms with Gasteiger partial charge in [-0.25, -0.2) is 4.39 Å². The van der Waals surface area contributed by atoms with E-state index < -0.39 is 0 Å². The maximum Gasteiger partial charge on any atom is 0.248 e. The van der Waals surface area contributed by atoms with E-state index in [0.29, 0.717) is 5.11 Å². The van der Waals surface area contributed by atoms with Crippen LogP contribution in [0, 0.1) is 5.82 Å². The van der Waals surface area contributed by atoms with Crippen LogP contribution in [0.2, 0.25) is 0 Å². The Morgan fingerprint density at radius 1 is 1.44 bits per heavy atom. The number of carbonyl (C=O) groups excluding carboxylic acids is 1. The summed E-state index contributed by atoms with van der Waals surface area (Å²) >= 11 is 5.04. The van der Waals surface area contributed by atoms with Crippen molar-refractivity contribution in [1.29, 1.82) is 0 Å². The Kier molecular flexibility index (Phi) is 2.87. The van der Waals surface area contributed by atoms with Gasteiger partial charge in [0.15, 0.2) is 5.11 Å². The van der Waals surface area contributed by atoms with E-state index in [1.54, 1.807) is 12.1 Å². The number of hydrogen-bond donors (Lipinski definition) is 1. The molecule has 1 fully saturated rings. The number of benzene rings is 1. The molecule has 2 rings (SSSR count). The van der Waals surface area contributed by atoms with Gasteiger partial charge in [-0.15, -0.1) is 0 Å². The van der Waals surface area contributed by atoms with Crippen LogP contribution < -0.4 is 5.32 Å². The molecule has 1 aromatic carbocycles. The lowest BCUT2D eigenvalue weighted by Gasteiger charge is -2.23. The van der Waals surface area contributed by atoms with Crippen molar-refractivity contribution in [3.63, 3.8) is 0 Å². The van der Waals surface area contributed by atoms with E-state index in [-0.39, 0.29) is 24.3 Å². The van der Waals surface area contributed by atoms with E-state index in [2.05, 4.69) is 5.32 Å². The van der Waals surface area contributed by atoms with E-state index in [1.807, 2.05) is 6.92 Å². The topological polar surface area (TPSA) is 32.3 Å². The number of hydrogen-bond acceptors (Lipinski definition) is 2. The summed E-state index contributed by atoms with van der Waals surface area (Å²) < 4.78 is 12.8.